The topological polar surface area (TPSA) is 82.5 Å². The zero-order valence-corrected chi connectivity index (χ0v) is 16.1. The Balaban J connectivity index is 1.74. The van der Waals surface area contributed by atoms with Gasteiger partial charge in [0.1, 0.15) is 11.8 Å². The van der Waals surface area contributed by atoms with Gasteiger partial charge in [0.25, 0.3) is 12.4 Å². The van der Waals surface area contributed by atoms with Gasteiger partial charge >= 0.3 is 6.55 Å². The van der Waals surface area contributed by atoms with Gasteiger partial charge in [-0.1, -0.05) is 11.6 Å². The van der Waals surface area contributed by atoms with Crippen molar-refractivity contribution < 1.29 is 35.9 Å². The van der Waals surface area contributed by atoms with Crippen LogP contribution in [-0.2, 0) is 16.7 Å². The first kappa shape index (κ1) is 21.5. The first-order valence-electron chi connectivity index (χ1n) is 8.89. The van der Waals surface area contributed by atoms with Gasteiger partial charge in [-0.3, -0.25) is 4.79 Å². The molecule has 1 aromatic heterocycles. The number of alkyl halides is 4. The molecule has 2 aromatic rings. The van der Waals surface area contributed by atoms with Gasteiger partial charge in [0.15, 0.2) is 23.0 Å². The van der Waals surface area contributed by atoms with E-state index in [4.69, 9.17) is 22.1 Å². The van der Waals surface area contributed by atoms with Crippen molar-refractivity contribution in [1.29, 1.82) is 0 Å². The lowest BCUT2D eigenvalue weighted by Crippen LogP contribution is -2.43. The Morgan fingerprint density at radius 3 is 2.65 bits per heavy atom. The zero-order chi connectivity index (χ0) is 22.7. The van der Waals surface area contributed by atoms with E-state index >= 15 is 0 Å². The molecule has 0 spiro atoms. The summed E-state index contributed by atoms with van der Waals surface area (Å²) in [7, 11) is 0. The molecule has 166 valence electrons. The average molecular weight is 467 g/mol. The van der Waals surface area contributed by atoms with Gasteiger partial charge in [0, 0.05) is 17.9 Å². The van der Waals surface area contributed by atoms with E-state index in [0.717, 1.165) is 12.3 Å². The molecule has 1 aliphatic heterocycles. The molecular weight excluding hydrogens is 454 g/mol. The highest BCUT2D eigenvalue weighted by Crippen LogP contribution is 2.56. The minimum absolute atomic E-state index is 0.111. The predicted octanol–water partition coefficient (Wildman–Crippen LogP) is 3.83. The molecule has 2 heterocycles. The number of halogens is 7. The lowest BCUT2D eigenvalue weighted by Gasteiger charge is -2.33. The Bertz CT molecular complexity index is 1090. The van der Waals surface area contributed by atoms with Gasteiger partial charge in [0.05, 0.1) is 11.2 Å². The number of ether oxygens (including phenoxy) is 1. The van der Waals surface area contributed by atoms with Crippen LogP contribution < -0.4 is 5.73 Å². The molecule has 1 saturated carbocycles. The maximum absolute atomic E-state index is 14.6. The third-order valence-electron chi connectivity index (χ3n) is 5.23. The molecule has 3 atom stereocenters. The van der Waals surface area contributed by atoms with Crippen LogP contribution in [0.15, 0.2) is 23.3 Å². The lowest BCUT2D eigenvalue weighted by atomic mass is 9.83. The van der Waals surface area contributed by atoms with Crippen molar-refractivity contribution in [2.24, 2.45) is 16.6 Å². The third-order valence-corrected chi connectivity index (χ3v) is 5.51. The van der Waals surface area contributed by atoms with Crippen LogP contribution in [0.3, 0.4) is 0 Å². The Hall–Kier alpha value is -2.76. The third kappa shape index (κ3) is 3.52. The molecule has 0 saturated heterocycles. The van der Waals surface area contributed by atoms with Crippen LogP contribution in [0.4, 0.5) is 26.3 Å². The van der Waals surface area contributed by atoms with Gasteiger partial charge in [-0.25, -0.2) is 27.2 Å². The number of nitrogens with two attached hydrogens (primary N) is 1. The summed E-state index contributed by atoms with van der Waals surface area (Å²) in [5.74, 6) is -4.87. The Morgan fingerprint density at radius 2 is 2.03 bits per heavy atom. The molecule has 2 N–H and O–H groups in total. The van der Waals surface area contributed by atoms with Crippen molar-refractivity contribution >= 4 is 23.4 Å². The lowest BCUT2D eigenvalue weighted by molar-refractivity contribution is 0.0172. The average Bonchev–Trinajstić information content (AvgIpc) is 3.35. The molecule has 0 unspecified atom stereocenters. The fourth-order valence-corrected chi connectivity index (χ4v) is 4.01. The maximum Gasteiger partial charge on any atom is 0.333 e. The van der Waals surface area contributed by atoms with Crippen LogP contribution in [0.2, 0.25) is 5.02 Å². The van der Waals surface area contributed by atoms with Crippen molar-refractivity contribution in [3.05, 3.63) is 51.8 Å². The van der Waals surface area contributed by atoms with Crippen LogP contribution in [-0.4, -0.2) is 34.1 Å². The van der Waals surface area contributed by atoms with Gasteiger partial charge in [-0.05, 0) is 24.1 Å². The van der Waals surface area contributed by atoms with Crippen molar-refractivity contribution in [3.63, 3.8) is 0 Å². The monoisotopic (exact) mass is 466 g/mol. The molecule has 13 heteroatoms. The van der Waals surface area contributed by atoms with Gasteiger partial charge in [-0.15, -0.1) is 0 Å². The van der Waals surface area contributed by atoms with E-state index in [1.165, 1.54) is 0 Å². The molecule has 0 bridgehead atoms. The summed E-state index contributed by atoms with van der Waals surface area (Å²) in [5, 5.41) is 3.00. The number of fused-ring (bicyclic) bond motifs is 1. The minimum atomic E-state index is -3.25. The highest BCUT2D eigenvalue weighted by molar-refractivity contribution is 6.33. The largest absolute Gasteiger partial charge is 0.462 e. The maximum atomic E-state index is 14.6. The molecule has 1 fully saturated rings. The van der Waals surface area contributed by atoms with E-state index in [0.29, 0.717) is 6.07 Å². The number of rotatable bonds is 6. The molecule has 1 aromatic carbocycles. The number of ketones is 1. The van der Waals surface area contributed by atoms with Crippen LogP contribution in [0, 0.1) is 17.6 Å². The summed E-state index contributed by atoms with van der Waals surface area (Å²) in [4.78, 5) is 16.1. The van der Waals surface area contributed by atoms with Crippen molar-refractivity contribution in [2.75, 3.05) is 0 Å². The molecule has 6 nitrogen and oxygen atoms in total. The number of hydrogen-bond donors (Lipinski definition) is 1. The quantitative estimate of drug-likeness (QED) is 0.518. The fraction of sp³-hybridized carbons (Fsp3) is 0.389. The molecule has 0 amide bonds. The van der Waals surface area contributed by atoms with E-state index in [9.17, 15) is 31.1 Å². The second-order valence-corrected chi connectivity index (χ2v) is 7.60. The predicted molar refractivity (Wildman–Crippen MR) is 95.2 cm³/mol. The second kappa shape index (κ2) is 7.43. The highest BCUT2D eigenvalue weighted by Gasteiger charge is 2.64. The first-order chi connectivity index (χ1) is 14.5. The summed E-state index contributed by atoms with van der Waals surface area (Å²) in [6.45, 7) is -3.05. The standard InChI is InChI=1S/C18H13ClF6N4O2/c19-9-5-29(16(24)25)28-14(9)11(30)3-6-1-8(13(21)10(20)2-6)18(15(22)23)7-4-12(7)31-17(26)27-18/h1-2,5,7,12,15-16H,3-4H2,(H2,26,27)/t7-,12+,18-/m0/s1. The van der Waals surface area contributed by atoms with Crippen LogP contribution >= 0.6 is 11.6 Å². The SMILES string of the molecule is NC1=N[C@@](c2cc(CC(=O)c3nn(C(F)F)cc3Cl)cc(F)c2F)(C(F)F)[C@H]2C[C@H]2O1. The normalized spacial score (nSPS) is 24.7. The van der Waals surface area contributed by atoms with E-state index in [1.54, 1.807) is 0 Å². The molecule has 2 aliphatic rings. The zero-order valence-electron chi connectivity index (χ0n) is 15.3. The Labute approximate surface area is 175 Å². The summed E-state index contributed by atoms with van der Waals surface area (Å²) in [6.07, 6.45) is -3.78. The van der Waals surface area contributed by atoms with Crippen molar-refractivity contribution in [3.8, 4) is 0 Å². The summed E-state index contributed by atoms with van der Waals surface area (Å²) < 4.78 is 87.9. The highest BCUT2D eigenvalue weighted by atomic mass is 35.5. The summed E-state index contributed by atoms with van der Waals surface area (Å²) >= 11 is 5.75. The van der Waals surface area contributed by atoms with E-state index < -0.39 is 71.7 Å². The number of aromatic nitrogens is 2. The number of nitrogens with zero attached hydrogens (tertiary/aromatic N) is 3. The number of carbonyl (C=O) groups excluding carboxylic acids is 1. The molecule has 0 radical (unpaired) electrons. The number of aliphatic imine (C=N–C) groups is 1. The van der Waals surface area contributed by atoms with Crippen molar-refractivity contribution in [1.82, 2.24) is 9.78 Å². The van der Waals surface area contributed by atoms with Crippen LogP contribution in [0.1, 0.15) is 34.6 Å². The first-order valence-corrected chi connectivity index (χ1v) is 9.27. The smallest absolute Gasteiger partial charge is 0.333 e. The minimum Gasteiger partial charge on any atom is -0.462 e. The number of benzene rings is 1. The van der Waals surface area contributed by atoms with E-state index in [-0.39, 0.29) is 21.7 Å². The fourth-order valence-electron chi connectivity index (χ4n) is 3.77. The number of hydrogen-bond acceptors (Lipinski definition) is 5. The van der Waals surface area contributed by atoms with Gasteiger partial charge in [0.2, 0.25) is 0 Å². The Kier molecular flexibility index (Phi) is 5.15. The Morgan fingerprint density at radius 1 is 1.32 bits per heavy atom. The van der Waals surface area contributed by atoms with Gasteiger partial charge < -0.3 is 10.5 Å². The van der Waals surface area contributed by atoms with Crippen LogP contribution in [0.25, 0.3) is 0 Å². The van der Waals surface area contributed by atoms with Crippen LogP contribution in [0.5, 0.6) is 0 Å². The molecule has 1 aliphatic carbocycles. The second-order valence-electron chi connectivity index (χ2n) is 7.20. The summed E-state index contributed by atoms with van der Waals surface area (Å²) in [5.41, 5.74) is 1.50. The number of amidine groups is 1. The van der Waals surface area contributed by atoms with E-state index in [1.807, 2.05) is 0 Å². The number of carbonyl (C=O) groups is 1. The van der Waals surface area contributed by atoms with E-state index in [2.05, 4.69) is 10.1 Å². The molecular formula is C18H13ClF6N4O2. The molecule has 31 heavy (non-hydrogen) atoms. The van der Waals surface area contributed by atoms with Gasteiger partial charge in [-0.2, -0.15) is 13.9 Å². The molecule has 4 rings (SSSR count). The van der Waals surface area contributed by atoms with Crippen molar-refractivity contribution in [2.45, 2.75) is 37.5 Å². The summed E-state index contributed by atoms with van der Waals surface area (Å²) in [6, 6.07) is 0.951. The number of Topliss-reactive ketones (excluding diaryl/α,β-unsaturated/α-hetero) is 1.